The lowest BCUT2D eigenvalue weighted by molar-refractivity contribution is -0.115. The summed E-state index contributed by atoms with van der Waals surface area (Å²) in [7, 11) is 1.62. The molecule has 1 heterocycles. The van der Waals surface area contributed by atoms with Gasteiger partial charge in [0.25, 0.3) is 5.56 Å². The number of anilines is 1. The molecule has 0 unspecified atom stereocenters. The van der Waals surface area contributed by atoms with E-state index in [-0.39, 0.29) is 17.9 Å². The Kier molecular flexibility index (Phi) is 7.08. The second kappa shape index (κ2) is 9.93. The molecule has 0 bridgehead atoms. The molecule has 3 rings (SSSR count). The van der Waals surface area contributed by atoms with E-state index in [0.717, 1.165) is 23.4 Å². The molecule has 1 aromatic heterocycles. The first-order valence-corrected chi connectivity index (χ1v) is 10.3. The minimum atomic E-state index is -0.275. The third-order valence-corrected chi connectivity index (χ3v) is 5.21. The van der Waals surface area contributed by atoms with E-state index in [1.807, 2.05) is 48.5 Å². The van der Waals surface area contributed by atoms with Crippen LogP contribution in [0.1, 0.15) is 23.7 Å². The zero-order valence-electron chi connectivity index (χ0n) is 16.4. The Bertz CT molecular complexity index is 1030. The van der Waals surface area contributed by atoms with Gasteiger partial charge in [-0.1, -0.05) is 43.0 Å². The highest BCUT2D eigenvalue weighted by molar-refractivity contribution is 7.98. The van der Waals surface area contributed by atoms with Crippen LogP contribution in [-0.2, 0) is 23.4 Å². The largest absolute Gasteiger partial charge is 0.497 e. The number of rotatable bonds is 8. The number of nitrogens with one attached hydrogen (secondary N) is 2. The number of hydrogen-bond acceptors (Lipinski definition) is 5. The fourth-order valence-corrected chi connectivity index (χ4v) is 3.59. The second-order valence-electron chi connectivity index (χ2n) is 6.46. The summed E-state index contributed by atoms with van der Waals surface area (Å²) in [6.45, 7) is 2.08. The lowest BCUT2D eigenvalue weighted by Crippen LogP contribution is -2.18. The fourth-order valence-electron chi connectivity index (χ4n) is 2.75. The number of carbonyl (C=O) groups is 1. The monoisotopic (exact) mass is 409 g/mol. The predicted molar refractivity (Wildman–Crippen MR) is 116 cm³/mol. The van der Waals surface area contributed by atoms with Gasteiger partial charge in [0.2, 0.25) is 5.91 Å². The van der Waals surface area contributed by atoms with E-state index in [9.17, 15) is 9.59 Å². The van der Waals surface area contributed by atoms with Crippen molar-refractivity contribution in [1.82, 2.24) is 9.97 Å². The van der Waals surface area contributed by atoms with E-state index in [1.165, 1.54) is 23.4 Å². The number of thioether (sulfide) groups is 1. The van der Waals surface area contributed by atoms with Crippen LogP contribution >= 0.6 is 11.8 Å². The highest BCUT2D eigenvalue weighted by atomic mass is 32.2. The summed E-state index contributed by atoms with van der Waals surface area (Å²) in [4.78, 5) is 31.4. The van der Waals surface area contributed by atoms with Crippen LogP contribution < -0.4 is 15.6 Å². The third kappa shape index (κ3) is 6.22. The number of H-pyrrole nitrogens is 1. The van der Waals surface area contributed by atoms with Gasteiger partial charge in [0.05, 0.1) is 19.2 Å². The molecule has 0 saturated carbocycles. The van der Waals surface area contributed by atoms with Crippen molar-refractivity contribution in [1.29, 1.82) is 0 Å². The zero-order valence-corrected chi connectivity index (χ0v) is 17.2. The van der Waals surface area contributed by atoms with Crippen molar-refractivity contribution in [2.45, 2.75) is 30.7 Å². The van der Waals surface area contributed by atoms with Gasteiger partial charge in [-0.15, -0.1) is 0 Å². The standard InChI is InChI=1S/C22H23N3O3S/c1-3-15-7-9-17(10-8-15)23-20(26)12-18-13-21(27)25-22(24-18)29-14-16-5-4-6-19(11-16)28-2/h4-11,13H,3,12,14H2,1-2H3,(H,23,26)(H,24,25,27). The molecule has 2 aromatic carbocycles. The smallest absolute Gasteiger partial charge is 0.251 e. The van der Waals surface area contributed by atoms with Crippen molar-refractivity contribution in [3.63, 3.8) is 0 Å². The molecule has 0 fully saturated rings. The molecule has 6 nitrogen and oxygen atoms in total. The molecule has 0 spiro atoms. The molecule has 0 saturated heterocycles. The highest BCUT2D eigenvalue weighted by Crippen LogP contribution is 2.21. The van der Waals surface area contributed by atoms with E-state index in [0.29, 0.717) is 16.6 Å². The second-order valence-corrected chi connectivity index (χ2v) is 7.42. The van der Waals surface area contributed by atoms with Gasteiger partial charge in [-0.3, -0.25) is 9.59 Å². The van der Waals surface area contributed by atoms with Gasteiger partial charge < -0.3 is 15.0 Å². The molecular formula is C22H23N3O3S. The van der Waals surface area contributed by atoms with Gasteiger partial charge in [-0.05, 0) is 41.8 Å². The summed E-state index contributed by atoms with van der Waals surface area (Å²) in [5.74, 6) is 1.19. The van der Waals surface area contributed by atoms with E-state index >= 15 is 0 Å². The molecule has 0 aliphatic heterocycles. The normalized spacial score (nSPS) is 10.6. The Morgan fingerprint density at radius 1 is 1.14 bits per heavy atom. The number of aryl methyl sites for hydroxylation is 1. The molecule has 3 aromatic rings. The van der Waals surface area contributed by atoms with Crippen LogP contribution in [0, 0.1) is 0 Å². The Morgan fingerprint density at radius 3 is 2.66 bits per heavy atom. The number of ether oxygens (including phenoxy) is 1. The maximum Gasteiger partial charge on any atom is 0.251 e. The quantitative estimate of drug-likeness (QED) is 0.437. The van der Waals surface area contributed by atoms with Crippen LogP contribution in [-0.4, -0.2) is 23.0 Å². The van der Waals surface area contributed by atoms with Gasteiger partial charge >= 0.3 is 0 Å². The number of methoxy groups -OCH3 is 1. The van der Waals surface area contributed by atoms with Crippen molar-refractivity contribution < 1.29 is 9.53 Å². The van der Waals surface area contributed by atoms with Gasteiger partial charge in [-0.2, -0.15) is 0 Å². The average Bonchev–Trinajstić information content (AvgIpc) is 2.72. The Balaban J connectivity index is 1.63. The molecule has 29 heavy (non-hydrogen) atoms. The van der Waals surface area contributed by atoms with E-state index in [1.54, 1.807) is 7.11 Å². The van der Waals surface area contributed by atoms with Gasteiger partial charge in [0.1, 0.15) is 5.75 Å². The fraction of sp³-hybridized carbons (Fsp3) is 0.227. The summed E-state index contributed by atoms with van der Waals surface area (Å²) < 4.78 is 5.22. The molecule has 0 aliphatic rings. The van der Waals surface area contributed by atoms with E-state index < -0.39 is 0 Å². The maximum atomic E-state index is 12.3. The number of hydrogen-bond donors (Lipinski definition) is 2. The first-order valence-electron chi connectivity index (χ1n) is 9.30. The maximum absolute atomic E-state index is 12.3. The summed E-state index contributed by atoms with van der Waals surface area (Å²) >= 11 is 1.40. The minimum absolute atomic E-state index is 0.0339. The number of aromatic nitrogens is 2. The number of aromatic amines is 1. The lowest BCUT2D eigenvalue weighted by atomic mass is 10.1. The van der Waals surface area contributed by atoms with Crippen molar-refractivity contribution in [2.75, 3.05) is 12.4 Å². The summed E-state index contributed by atoms with van der Waals surface area (Å²) in [6, 6.07) is 16.8. The van der Waals surface area contributed by atoms with Crippen LogP contribution in [0.3, 0.4) is 0 Å². The Hall–Kier alpha value is -3.06. The Labute approximate surface area is 173 Å². The third-order valence-electron chi connectivity index (χ3n) is 4.27. The predicted octanol–water partition coefficient (Wildman–Crippen LogP) is 3.81. The van der Waals surface area contributed by atoms with Gasteiger partial charge in [0.15, 0.2) is 5.16 Å². The topological polar surface area (TPSA) is 84.1 Å². The number of benzene rings is 2. The summed E-state index contributed by atoms with van der Waals surface area (Å²) in [5, 5.41) is 3.32. The molecule has 150 valence electrons. The van der Waals surface area contributed by atoms with Crippen molar-refractivity contribution in [2.24, 2.45) is 0 Å². The first-order chi connectivity index (χ1) is 14.1. The van der Waals surface area contributed by atoms with E-state index in [4.69, 9.17) is 4.74 Å². The molecule has 7 heteroatoms. The first kappa shape index (κ1) is 20.7. The number of amides is 1. The van der Waals surface area contributed by atoms with Crippen molar-refractivity contribution >= 4 is 23.4 Å². The molecule has 0 aliphatic carbocycles. The van der Waals surface area contributed by atoms with Crippen LogP contribution in [0.5, 0.6) is 5.75 Å². The zero-order chi connectivity index (χ0) is 20.6. The van der Waals surface area contributed by atoms with Crippen molar-refractivity contribution in [3.05, 3.63) is 81.8 Å². The van der Waals surface area contributed by atoms with E-state index in [2.05, 4.69) is 22.2 Å². The SMILES string of the molecule is CCc1ccc(NC(=O)Cc2cc(=O)[nH]c(SCc3cccc(OC)c3)n2)cc1. The van der Waals surface area contributed by atoms with Crippen LogP contribution in [0.4, 0.5) is 5.69 Å². The molecular weight excluding hydrogens is 386 g/mol. The highest BCUT2D eigenvalue weighted by Gasteiger charge is 2.09. The Morgan fingerprint density at radius 2 is 1.93 bits per heavy atom. The summed E-state index contributed by atoms with van der Waals surface area (Å²) in [5.41, 5.74) is 3.14. The summed E-state index contributed by atoms with van der Waals surface area (Å²) in [6.07, 6.45) is 0.979. The molecule has 2 N–H and O–H groups in total. The number of nitrogens with zero attached hydrogens (tertiary/aromatic N) is 1. The van der Waals surface area contributed by atoms with Gasteiger partial charge in [-0.25, -0.2) is 4.98 Å². The minimum Gasteiger partial charge on any atom is -0.497 e. The van der Waals surface area contributed by atoms with Crippen molar-refractivity contribution in [3.8, 4) is 5.75 Å². The van der Waals surface area contributed by atoms with Crippen LogP contribution in [0.15, 0.2) is 64.5 Å². The number of carbonyl (C=O) groups excluding carboxylic acids is 1. The molecule has 1 amide bonds. The molecule has 0 atom stereocenters. The average molecular weight is 410 g/mol. The molecule has 0 radical (unpaired) electrons. The van der Waals surface area contributed by atoms with Crippen LogP contribution in [0.25, 0.3) is 0 Å². The van der Waals surface area contributed by atoms with Crippen LogP contribution in [0.2, 0.25) is 0 Å². The lowest BCUT2D eigenvalue weighted by Gasteiger charge is -2.07. The van der Waals surface area contributed by atoms with Gasteiger partial charge in [0, 0.05) is 17.5 Å².